The van der Waals surface area contributed by atoms with Crippen LogP contribution in [0.15, 0.2) is 18.2 Å². The highest BCUT2D eigenvalue weighted by Crippen LogP contribution is 2.14. The zero-order valence-corrected chi connectivity index (χ0v) is 12.8. The van der Waals surface area contributed by atoms with Crippen molar-refractivity contribution in [3.63, 3.8) is 0 Å². The minimum atomic E-state index is 0. The van der Waals surface area contributed by atoms with Gasteiger partial charge in [-0.2, -0.15) is 0 Å². The van der Waals surface area contributed by atoms with Crippen molar-refractivity contribution >= 4 is 23.4 Å². The molecule has 0 saturated carbocycles. The number of nitrogens with zero attached hydrogens (tertiary/aromatic N) is 2. The maximum absolute atomic E-state index is 4.65. The molecule has 0 atom stereocenters. The molecule has 2 N–H and O–H groups in total. The van der Waals surface area contributed by atoms with Crippen LogP contribution in [0, 0.1) is 6.92 Å². The molecule has 4 nitrogen and oxygen atoms in total. The van der Waals surface area contributed by atoms with Crippen molar-refractivity contribution in [2.24, 2.45) is 0 Å². The molecule has 110 valence electrons. The van der Waals surface area contributed by atoms with Gasteiger partial charge in [0.15, 0.2) is 0 Å². The van der Waals surface area contributed by atoms with E-state index in [-0.39, 0.29) is 12.4 Å². The van der Waals surface area contributed by atoms with Gasteiger partial charge in [-0.25, -0.2) is 4.98 Å². The van der Waals surface area contributed by atoms with E-state index in [0.29, 0.717) is 0 Å². The number of imidazole rings is 1. The molecule has 1 aromatic carbocycles. The lowest BCUT2D eigenvalue weighted by Crippen LogP contribution is -2.43. The fraction of sp³-hybridized carbons (Fsp3) is 0.533. The molecule has 1 fully saturated rings. The van der Waals surface area contributed by atoms with Crippen LogP contribution in [0.3, 0.4) is 0 Å². The molecular formula is C15H23ClN4. The highest BCUT2D eigenvalue weighted by molar-refractivity contribution is 5.85. The van der Waals surface area contributed by atoms with Gasteiger partial charge in [0.05, 0.1) is 11.0 Å². The van der Waals surface area contributed by atoms with Crippen LogP contribution in [-0.2, 0) is 6.42 Å². The van der Waals surface area contributed by atoms with Gasteiger partial charge in [0.1, 0.15) is 5.82 Å². The van der Waals surface area contributed by atoms with Crippen molar-refractivity contribution < 1.29 is 0 Å². The molecule has 1 aromatic heterocycles. The van der Waals surface area contributed by atoms with Crippen molar-refractivity contribution in [3.05, 3.63) is 29.6 Å². The first-order valence-electron chi connectivity index (χ1n) is 7.19. The second kappa shape index (κ2) is 7.07. The lowest BCUT2D eigenvalue weighted by molar-refractivity contribution is 0.238. The average Bonchev–Trinajstić information content (AvgIpc) is 2.82. The molecule has 20 heavy (non-hydrogen) atoms. The van der Waals surface area contributed by atoms with E-state index in [1.807, 2.05) is 0 Å². The smallest absolute Gasteiger partial charge is 0.107 e. The number of rotatable bonds is 4. The lowest BCUT2D eigenvalue weighted by Gasteiger charge is -2.26. The molecule has 3 rings (SSSR count). The van der Waals surface area contributed by atoms with Crippen LogP contribution in [0.4, 0.5) is 0 Å². The Kier molecular flexibility index (Phi) is 5.40. The number of benzene rings is 1. The Labute approximate surface area is 126 Å². The maximum Gasteiger partial charge on any atom is 0.107 e. The van der Waals surface area contributed by atoms with E-state index in [0.717, 1.165) is 36.4 Å². The summed E-state index contributed by atoms with van der Waals surface area (Å²) in [7, 11) is 0. The molecule has 0 unspecified atom stereocenters. The van der Waals surface area contributed by atoms with Crippen molar-refractivity contribution in [3.8, 4) is 0 Å². The maximum atomic E-state index is 4.65. The third kappa shape index (κ3) is 3.72. The predicted molar refractivity (Wildman–Crippen MR) is 85.7 cm³/mol. The molecule has 5 heteroatoms. The van der Waals surface area contributed by atoms with E-state index in [1.54, 1.807) is 0 Å². The normalized spacial score (nSPS) is 16.2. The summed E-state index contributed by atoms with van der Waals surface area (Å²) in [5.74, 6) is 1.12. The molecule has 0 bridgehead atoms. The van der Waals surface area contributed by atoms with E-state index >= 15 is 0 Å². The summed E-state index contributed by atoms with van der Waals surface area (Å²) in [6.45, 7) is 7.91. The number of fused-ring (bicyclic) bond motifs is 1. The number of aromatic nitrogens is 2. The van der Waals surface area contributed by atoms with Crippen LogP contribution in [0.5, 0.6) is 0 Å². The van der Waals surface area contributed by atoms with Crippen LogP contribution in [0.1, 0.15) is 17.8 Å². The molecule has 1 saturated heterocycles. The zero-order chi connectivity index (χ0) is 13.1. The van der Waals surface area contributed by atoms with Crippen molar-refractivity contribution in [1.82, 2.24) is 20.2 Å². The zero-order valence-electron chi connectivity index (χ0n) is 12.0. The first-order valence-corrected chi connectivity index (χ1v) is 7.19. The Bertz CT molecular complexity index is 546. The molecule has 2 aromatic rings. The van der Waals surface area contributed by atoms with Crippen LogP contribution in [-0.4, -0.2) is 47.6 Å². The van der Waals surface area contributed by atoms with Gasteiger partial charge in [0.2, 0.25) is 0 Å². The number of aromatic amines is 1. The summed E-state index contributed by atoms with van der Waals surface area (Å²) in [5.41, 5.74) is 3.53. The van der Waals surface area contributed by atoms with Gasteiger partial charge in [-0.15, -0.1) is 12.4 Å². The van der Waals surface area contributed by atoms with E-state index in [9.17, 15) is 0 Å². The second-order valence-corrected chi connectivity index (χ2v) is 5.40. The molecule has 2 heterocycles. The number of piperazine rings is 1. The Morgan fingerprint density at radius 2 is 2.05 bits per heavy atom. The summed E-state index contributed by atoms with van der Waals surface area (Å²) in [4.78, 5) is 10.6. The fourth-order valence-electron chi connectivity index (χ4n) is 2.70. The van der Waals surface area contributed by atoms with E-state index in [2.05, 4.69) is 45.3 Å². The van der Waals surface area contributed by atoms with Gasteiger partial charge in [-0.3, -0.25) is 0 Å². The summed E-state index contributed by atoms with van der Waals surface area (Å²) >= 11 is 0. The lowest BCUT2D eigenvalue weighted by atomic mass is 10.2. The number of halogens is 1. The fourth-order valence-corrected chi connectivity index (χ4v) is 2.70. The van der Waals surface area contributed by atoms with Gasteiger partial charge >= 0.3 is 0 Å². The third-order valence-corrected chi connectivity index (χ3v) is 3.78. The number of H-pyrrole nitrogens is 1. The number of hydrogen-bond acceptors (Lipinski definition) is 3. The van der Waals surface area contributed by atoms with Gasteiger partial charge in [-0.1, -0.05) is 6.07 Å². The summed E-state index contributed by atoms with van der Waals surface area (Å²) in [6, 6.07) is 6.39. The minimum Gasteiger partial charge on any atom is -0.342 e. The number of aryl methyl sites for hydroxylation is 2. The molecule has 1 aliphatic rings. The van der Waals surface area contributed by atoms with Crippen LogP contribution in [0.2, 0.25) is 0 Å². The SMILES string of the molecule is Cc1ccc2nc(CCCN3CCNCC3)[nH]c2c1.Cl. The van der Waals surface area contributed by atoms with E-state index in [4.69, 9.17) is 0 Å². The Morgan fingerprint density at radius 1 is 1.25 bits per heavy atom. The highest BCUT2D eigenvalue weighted by Gasteiger charge is 2.09. The summed E-state index contributed by atoms with van der Waals surface area (Å²) < 4.78 is 0. The number of hydrogen-bond donors (Lipinski definition) is 2. The van der Waals surface area contributed by atoms with Gasteiger partial charge in [0, 0.05) is 32.6 Å². The molecule has 0 spiro atoms. The Balaban J connectivity index is 0.00000147. The molecule has 0 aliphatic carbocycles. The van der Waals surface area contributed by atoms with Crippen molar-refractivity contribution in [1.29, 1.82) is 0 Å². The first kappa shape index (κ1) is 15.3. The topological polar surface area (TPSA) is 44.0 Å². The quantitative estimate of drug-likeness (QED) is 0.908. The molecule has 0 amide bonds. The second-order valence-electron chi connectivity index (χ2n) is 5.40. The monoisotopic (exact) mass is 294 g/mol. The standard InChI is InChI=1S/C15H22N4.ClH/c1-12-4-5-13-14(11-12)18-15(17-13)3-2-8-19-9-6-16-7-10-19;/h4-5,11,16H,2-3,6-10H2,1H3,(H,17,18);1H. The summed E-state index contributed by atoms with van der Waals surface area (Å²) in [5, 5.41) is 3.39. The van der Waals surface area contributed by atoms with Gasteiger partial charge < -0.3 is 15.2 Å². The molecule has 0 radical (unpaired) electrons. The average molecular weight is 295 g/mol. The van der Waals surface area contributed by atoms with Gasteiger partial charge in [-0.05, 0) is 37.6 Å². The largest absolute Gasteiger partial charge is 0.342 e. The van der Waals surface area contributed by atoms with Crippen LogP contribution >= 0.6 is 12.4 Å². The van der Waals surface area contributed by atoms with Crippen LogP contribution in [0.25, 0.3) is 11.0 Å². The number of nitrogens with one attached hydrogen (secondary N) is 2. The minimum absolute atomic E-state index is 0. The van der Waals surface area contributed by atoms with E-state index < -0.39 is 0 Å². The molecular weight excluding hydrogens is 272 g/mol. The highest BCUT2D eigenvalue weighted by atomic mass is 35.5. The van der Waals surface area contributed by atoms with Crippen molar-refractivity contribution in [2.45, 2.75) is 19.8 Å². The predicted octanol–water partition coefficient (Wildman–Crippen LogP) is 2.13. The Morgan fingerprint density at radius 3 is 2.85 bits per heavy atom. The van der Waals surface area contributed by atoms with Gasteiger partial charge in [0.25, 0.3) is 0 Å². The van der Waals surface area contributed by atoms with Crippen molar-refractivity contribution in [2.75, 3.05) is 32.7 Å². The van der Waals surface area contributed by atoms with E-state index in [1.165, 1.54) is 31.6 Å². The Hall–Kier alpha value is -1.10. The van der Waals surface area contributed by atoms with Crippen LogP contribution < -0.4 is 5.32 Å². The molecule has 1 aliphatic heterocycles. The first-order chi connectivity index (χ1) is 9.31. The summed E-state index contributed by atoms with van der Waals surface area (Å²) in [6.07, 6.45) is 2.22. The third-order valence-electron chi connectivity index (χ3n) is 3.78.